The first kappa shape index (κ1) is 21.7. The number of hydrogen-bond acceptors (Lipinski definition) is 4. The summed E-state index contributed by atoms with van der Waals surface area (Å²) in [5.41, 5.74) is 4.20. The molecule has 7 nitrogen and oxygen atoms in total. The number of likely N-dealkylation sites (N-methyl/N-ethyl adjacent to an activating group) is 1. The van der Waals surface area contributed by atoms with Crippen LogP contribution in [0.2, 0.25) is 0 Å². The fourth-order valence-electron chi connectivity index (χ4n) is 4.14. The number of nitrogens with one attached hydrogen (secondary N) is 1. The van der Waals surface area contributed by atoms with Crippen LogP contribution in [0, 0.1) is 0 Å². The van der Waals surface area contributed by atoms with Crippen LogP contribution in [0.4, 0.5) is 0 Å². The molecule has 0 radical (unpaired) electrons. The average Bonchev–Trinajstić information content (AvgIpc) is 3.38. The van der Waals surface area contributed by atoms with Gasteiger partial charge < -0.3 is 29.4 Å². The van der Waals surface area contributed by atoms with Crippen LogP contribution in [0.25, 0.3) is 33.0 Å². The molecule has 0 saturated heterocycles. The van der Waals surface area contributed by atoms with Gasteiger partial charge in [0, 0.05) is 71.5 Å². The maximum absolute atomic E-state index is 13.4. The quantitative estimate of drug-likeness (QED) is 0.391. The Morgan fingerprint density at radius 2 is 1.88 bits per heavy atom. The van der Waals surface area contributed by atoms with Crippen LogP contribution in [0.3, 0.4) is 0 Å². The molecular weight excluding hydrogens is 406 g/mol. The van der Waals surface area contributed by atoms with Gasteiger partial charge in [-0.1, -0.05) is 18.2 Å². The van der Waals surface area contributed by atoms with Crippen molar-refractivity contribution in [2.75, 3.05) is 34.4 Å². The highest BCUT2D eigenvalue weighted by atomic mass is 16.5. The van der Waals surface area contributed by atoms with E-state index >= 15 is 0 Å². The molecule has 2 aromatic carbocycles. The van der Waals surface area contributed by atoms with Crippen molar-refractivity contribution in [2.24, 2.45) is 0 Å². The van der Waals surface area contributed by atoms with Crippen LogP contribution >= 0.6 is 0 Å². The molecule has 4 rings (SSSR count). The molecule has 32 heavy (non-hydrogen) atoms. The minimum atomic E-state index is -0.329. The molecule has 0 saturated carbocycles. The Hall–Kier alpha value is -3.55. The summed E-state index contributed by atoms with van der Waals surface area (Å²) in [5.74, 6) is 0.468. The second-order valence-electron chi connectivity index (χ2n) is 7.80. The van der Waals surface area contributed by atoms with Gasteiger partial charge in [-0.25, -0.2) is 0 Å². The summed E-state index contributed by atoms with van der Waals surface area (Å²) in [6.45, 7) is 0.0365. The lowest BCUT2D eigenvalue weighted by Crippen LogP contribution is -2.24. The number of carbonyl (C=O) groups excluding carboxylic acids is 1. The van der Waals surface area contributed by atoms with Gasteiger partial charge in [-0.05, 0) is 24.3 Å². The molecule has 3 N–H and O–H groups in total. The molecule has 166 valence electrons. The molecular formula is C25H27N3O4. The molecule has 4 aromatic rings. The minimum absolute atomic E-state index is 0.0284. The van der Waals surface area contributed by atoms with Crippen LogP contribution in [0.5, 0.6) is 5.75 Å². The Kier molecular flexibility index (Phi) is 6.03. The first-order valence-corrected chi connectivity index (χ1v) is 10.4. The summed E-state index contributed by atoms with van der Waals surface area (Å²) >= 11 is 0. The van der Waals surface area contributed by atoms with E-state index in [0.29, 0.717) is 23.4 Å². The summed E-state index contributed by atoms with van der Waals surface area (Å²) in [7, 11) is 5.00. The zero-order valence-electron chi connectivity index (χ0n) is 18.4. The molecule has 0 aliphatic carbocycles. The number of aromatic nitrogens is 2. The van der Waals surface area contributed by atoms with Gasteiger partial charge in [0.2, 0.25) is 0 Å². The number of para-hydroxylation sites is 1. The number of methoxy groups -OCH3 is 1. The zero-order valence-corrected chi connectivity index (χ0v) is 18.4. The first-order chi connectivity index (χ1) is 15.5. The minimum Gasteiger partial charge on any atom is -0.497 e. The molecule has 0 aliphatic heterocycles. The van der Waals surface area contributed by atoms with Gasteiger partial charge in [0.15, 0.2) is 0 Å². The second-order valence-corrected chi connectivity index (χ2v) is 7.80. The largest absolute Gasteiger partial charge is 0.497 e. The number of aliphatic hydroxyl groups is 2. The predicted molar refractivity (Wildman–Crippen MR) is 126 cm³/mol. The Morgan fingerprint density at radius 1 is 1.09 bits per heavy atom. The van der Waals surface area contributed by atoms with E-state index in [9.17, 15) is 15.0 Å². The highest BCUT2D eigenvalue weighted by molar-refractivity contribution is 6.30. The van der Waals surface area contributed by atoms with Crippen LogP contribution in [-0.2, 0) is 11.3 Å². The Balaban J connectivity index is 2.08. The summed E-state index contributed by atoms with van der Waals surface area (Å²) in [6.07, 6.45) is 3.69. The van der Waals surface area contributed by atoms with Crippen molar-refractivity contribution in [2.45, 2.75) is 6.54 Å². The Bertz CT molecular complexity index is 1310. The highest BCUT2D eigenvalue weighted by Gasteiger charge is 2.25. The highest BCUT2D eigenvalue weighted by Crippen LogP contribution is 2.37. The summed E-state index contributed by atoms with van der Waals surface area (Å²) < 4.78 is 7.34. The molecule has 2 heterocycles. The van der Waals surface area contributed by atoms with Crippen LogP contribution in [-0.4, -0.2) is 65.0 Å². The normalized spacial score (nSPS) is 12.3. The van der Waals surface area contributed by atoms with E-state index in [4.69, 9.17) is 4.74 Å². The van der Waals surface area contributed by atoms with Crippen molar-refractivity contribution in [3.05, 3.63) is 66.0 Å². The summed E-state index contributed by atoms with van der Waals surface area (Å²) in [5, 5.41) is 21.8. The molecule has 2 aromatic heterocycles. The number of fused-ring (bicyclic) bond motifs is 2. The van der Waals surface area contributed by atoms with Crippen molar-refractivity contribution in [1.82, 2.24) is 14.5 Å². The third-order valence-corrected chi connectivity index (χ3v) is 5.69. The standard InChI is InChI=1S/C25H27N3O4/c1-27(2)25(31)24(19-13-26-22-7-5-4-6-17(19)22)21(15-30)20-14-28(10-11-29)23-9-8-16(32-3)12-18(20)23/h4-9,12-14,26,29-30H,10-11,15H2,1-3H3/b24-21+. The van der Waals surface area contributed by atoms with Crippen molar-refractivity contribution >= 4 is 38.9 Å². The fraction of sp³-hybridized carbons (Fsp3) is 0.240. The molecule has 0 unspecified atom stereocenters. The number of nitrogens with zero attached hydrogens (tertiary/aromatic N) is 2. The van der Waals surface area contributed by atoms with E-state index in [0.717, 1.165) is 32.9 Å². The summed E-state index contributed by atoms with van der Waals surface area (Å²) in [4.78, 5) is 18.2. The fourth-order valence-corrected chi connectivity index (χ4v) is 4.14. The molecule has 0 fully saturated rings. The maximum atomic E-state index is 13.4. The average molecular weight is 434 g/mol. The number of aliphatic hydroxyl groups excluding tert-OH is 2. The number of hydrogen-bond donors (Lipinski definition) is 3. The summed E-state index contributed by atoms with van der Waals surface area (Å²) in [6, 6.07) is 13.4. The lowest BCUT2D eigenvalue weighted by molar-refractivity contribution is -0.122. The van der Waals surface area contributed by atoms with Gasteiger partial charge in [-0.15, -0.1) is 0 Å². The van der Waals surface area contributed by atoms with Crippen molar-refractivity contribution < 1.29 is 19.7 Å². The number of carbonyl (C=O) groups is 1. The molecule has 7 heteroatoms. The zero-order chi connectivity index (χ0) is 22.8. The number of amides is 1. The number of benzene rings is 2. The Morgan fingerprint density at radius 3 is 2.56 bits per heavy atom. The van der Waals surface area contributed by atoms with E-state index in [1.807, 2.05) is 59.4 Å². The third kappa shape index (κ3) is 3.66. The van der Waals surface area contributed by atoms with Gasteiger partial charge in [-0.3, -0.25) is 4.79 Å². The molecule has 0 aliphatic rings. The Labute approximate surface area is 186 Å². The smallest absolute Gasteiger partial charge is 0.254 e. The maximum Gasteiger partial charge on any atom is 0.254 e. The lowest BCUT2D eigenvalue weighted by atomic mass is 9.93. The number of ether oxygens (including phenoxy) is 1. The molecule has 0 bridgehead atoms. The monoisotopic (exact) mass is 433 g/mol. The van der Waals surface area contributed by atoms with Gasteiger partial charge >= 0.3 is 0 Å². The van der Waals surface area contributed by atoms with Gasteiger partial charge in [0.25, 0.3) is 5.91 Å². The van der Waals surface area contributed by atoms with Crippen molar-refractivity contribution in [3.63, 3.8) is 0 Å². The van der Waals surface area contributed by atoms with E-state index in [1.165, 1.54) is 4.90 Å². The first-order valence-electron chi connectivity index (χ1n) is 10.4. The predicted octanol–water partition coefficient (Wildman–Crippen LogP) is 3.11. The van der Waals surface area contributed by atoms with E-state index in [-0.39, 0.29) is 19.1 Å². The third-order valence-electron chi connectivity index (χ3n) is 5.69. The van der Waals surface area contributed by atoms with Gasteiger partial charge in [0.05, 0.1) is 25.9 Å². The number of aromatic amines is 1. The van der Waals surface area contributed by atoms with Gasteiger partial charge in [0.1, 0.15) is 5.75 Å². The van der Waals surface area contributed by atoms with Crippen LogP contribution in [0.15, 0.2) is 54.9 Å². The second kappa shape index (κ2) is 8.90. The van der Waals surface area contributed by atoms with Crippen LogP contribution < -0.4 is 4.74 Å². The SMILES string of the molecule is COc1ccc2c(c1)c(/C(CO)=C(/C(=O)N(C)C)c1c[nH]c3ccccc13)cn2CCO. The number of rotatable bonds is 7. The van der Waals surface area contributed by atoms with Gasteiger partial charge in [-0.2, -0.15) is 0 Å². The van der Waals surface area contributed by atoms with E-state index in [1.54, 1.807) is 21.2 Å². The van der Waals surface area contributed by atoms with Crippen LogP contribution in [0.1, 0.15) is 11.1 Å². The lowest BCUT2D eigenvalue weighted by Gasteiger charge is -2.17. The molecule has 1 amide bonds. The molecule has 0 spiro atoms. The molecule has 0 atom stereocenters. The van der Waals surface area contributed by atoms with E-state index < -0.39 is 0 Å². The van der Waals surface area contributed by atoms with Crippen molar-refractivity contribution in [3.8, 4) is 5.75 Å². The van der Waals surface area contributed by atoms with Crippen molar-refractivity contribution in [1.29, 1.82) is 0 Å². The topological polar surface area (TPSA) is 90.7 Å². The number of H-pyrrole nitrogens is 1. The van der Waals surface area contributed by atoms with E-state index in [2.05, 4.69) is 4.98 Å².